The first-order chi connectivity index (χ1) is 9.72. The first kappa shape index (κ1) is 15.7. The summed E-state index contributed by atoms with van der Waals surface area (Å²) in [4.78, 5) is 16.2. The number of likely N-dealkylation sites (tertiary alicyclic amines) is 1. The maximum absolute atomic E-state index is 11.3. The van der Waals surface area contributed by atoms with Crippen molar-refractivity contribution >= 4 is 5.97 Å². The molecule has 2 aliphatic heterocycles. The van der Waals surface area contributed by atoms with Gasteiger partial charge in [0.2, 0.25) is 0 Å². The fourth-order valence-corrected chi connectivity index (χ4v) is 3.32. The SMILES string of the molecule is CCCN(CCN1CCCCC1)C1COCC1C(=O)O. The molecule has 2 heterocycles. The van der Waals surface area contributed by atoms with E-state index in [1.165, 1.54) is 32.4 Å². The molecule has 0 saturated carbocycles. The maximum Gasteiger partial charge on any atom is 0.310 e. The molecular weight excluding hydrogens is 256 g/mol. The minimum atomic E-state index is -0.716. The Kier molecular flexibility index (Phi) is 6.26. The number of ether oxygens (including phenoxy) is 1. The van der Waals surface area contributed by atoms with Crippen molar-refractivity contribution in [1.82, 2.24) is 9.80 Å². The van der Waals surface area contributed by atoms with Crippen molar-refractivity contribution in [3.05, 3.63) is 0 Å². The van der Waals surface area contributed by atoms with Crippen molar-refractivity contribution < 1.29 is 14.6 Å². The molecule has 1 N–H and O–H groups in total. The van der Waals surface area contributed by atoms with Gasteiger partial charge in [0.15, 0.2) is 0 Å². The second-order valence-electron chi connectivity index (χ2n) is 5.99. The molecule has 0 aromatic carbocycles. The van der Waals surface area contributed by atoms with E-state index in [2.05, 4.69) is 16.7 Å². The molecule has 2 fully saturated rings. The zero-order valence-electron chi connectivity index (χ0n) is 12.6. The van der Waals surface area contributed by atoms with Gasteiger partial charge in [-0.1, -0.05) is 13.3 Å². The summed E-state index contributed by atoms with van der Waals surface area (Å²) in [6, 6.07) is 0.0530. The van der Waals surface area contributed by atoms with Crippen LogP contribution in [0.15, 0.2) is 0 Å². The molecule has 2 atom stereocenters. The summed E-state index contributed by atoms with van der Waals surface area (Å²) in [5.74, 6) is -1.07. The van der Waals surface area contributed by atoms with E-state index in [0.717, 1.165) is 26.1 Å². The minimum Gasteiger partial charge on any atom is -0.481 e. The summed E-state index contributed by atoms with van der Waals surface area (Å²) < 4.78 is 5.41. The number of piperidine rings is 1. The average Bonchev–Trinajstić information content (AvgIpc) is 2.94. The van der Waals surface area contributed by atoms with Gasteiger partial charge in [0.05, 0.1) is 19.1 Å². The van der Waals surface area contributed by atoms with Gasteiger partial charge < -0.3 is 14.7 Å². The topological polar surface area (TPSA) is 53.0 Å². The summed E-state index contributed by atoms with van der Waals surface area (Å²) in [6.07, 6.45) is 5.02. The van der Waals surface area contributed by atoms with Crippen LogP contribution in [0.25, 0.3) is 0 Å². The Bertz CT molecular complexity index is 305. The summed E-state index contributed by atoms with van der Waals surface area (Å²) in [5, 5.41) is 9.30. The van der Waals surface area contributed by atoms with E-state index in [0.29, 0.717) is 13.2 Å². The van der Waals surface area contributed by atoms with Crippen LogP contribution in [0.1, 0.15) is 32.6 Å². The molecule has 0 amide bonds. The summed E-state index contributed by atoms with van der Waals surface area (Å²) in [7, 11) is 0. The lowest BCUT2D eigenvalue weighted by Crippen LogP contribution is -2.47. The number of hydrogen-bond acceptors (Lipinski definition) is 4. The molecule has 5 heteroatoms. The molecule has 2 aliphatic rings. The highest BCUT2D eigenvalue weighted by Gasteiger charge is 2.37. The Morgan fingerprint density at radius 3 is 2.65 bits per heavy atom. The highest BCUT2D eigenvalue weighted by Crippen LogP contribution is 2.20. The van der Waals surface area contributed by atoms with Crippen LogP contribution in [0.5, 0.6) is 0 Å². The second kappa shape index (κ2) is 7.96. The van der Waals surface area contributed by atoms with Gasteiger partial charge in [-0.2, -0.15) is 0 Å². The van der Waals surface area contributed by atoms with Gasteiger partial charge in [-0.3, -0.25) is 9.69 Å². The van der Waals surface area contributed by atoms with E-state index < -0.39 is 5.97 Å². The quantitative estimate of drug-likeness (QED) is 0.763. The third-order valence-electron chi connectivity index (χ3n) is 4.50. The summed E-state index contributed by atoms with van der Waals surface area (Å²) in [6.45, 7) is 8.47. The lowest BCUT2D eigenvalue weighted by molar-refractivity contribution is -0.143. The van der Waals surface area contributed by atoms with E-state index in [9.17, 15) is 9.90 Å². The maximum atomic E-state index is 11.3. The number of nitrogens with zero attached hydrogens (tertiary/aromatic N) is 2. The van der Waals surface area contributed by atoms with E-state index in [1.807, 2.05) is 0 Å². The van der Waals surface area contributed by atoms with Crippen molar-refractivity contribution in [3.63, 3.8) is 0 Å². The molecule has 5 nitrogen and oxygen atoms in total. The van der Waals surface area contributed by atoms with Crippen LogP contribution in [0.4, 0.5) is 0 Å². The second-order valence-corrected chi connectivity index (χ2v) is 5.99. The lowest BCUT2D eigenvalue weighted by atomic mass is 10.0. The van der Waals surface area contributed by atoms with Crippen LogP contribution in [-0.4, -0.2) is 72.9 Å². The van der Waals surface area contributed by atoms with Gasteiger partial charge in [-0.05, 0) is 38.9 Å². The smallest absolute Gasteiger partial charge is 0.310 e. The number of hydrogen-bond donors (Lipinski definition) is 1. The fourth-order valence-electron chi connectivity index (χ4n) is 3.32. The minimum absolute atomic E-state index is 0.0530. The number of carbonyl (C=O) groups is 1. The van der Waals surface area contributed by atoms with Crippen molar-refractivity contribution in [2.45, 2.75) is 38.6 Å². The van der Waals surface area contributed by atoms with Crippen LogP contribution in [0.2, 0.25) is 0 Å². The van der Waals surface area contributed by atoms with Crippen molar-refractivity contribution in [1.29, 1.82) is 0 Å². The standard InChI is InChI=1S/C15H28N2O3/c1-2-6-17(10-9-16-7-4-3-5-8-16)14-12-20-11-13(14)15(18)19/h13-14H,2-12H2,1H3,(H,18,19). The first-order valence-corrected chi connectivity index (χ1v) is 7.99. The molecule has 0 aromatic heterocycles. The number of carboxylic acids is 1. The van der Waals surface area contributed by atoms with Gasteiger partial charge in [-0.15, -0.1) is 0 Å². The third-order valence-corrected chi connectivity index (χ3v) is 4.50. The van der Waals surface area contributed by atoms with E-state index in [1.54, 1.807) is 0 Å². The Hall–Kier alpha value is -0.650. The molecule has 2 saturated heterocycles. The highest BCUT2D eigenvalue weighted by molar-refractivity contribution is 5.71. The van der Waals surface area contributed by atoms with Crippen LogP contribution < -0.4 is 0 Å². The fraction of sp³-hybridized carbons (Fsp3) is 0.933. The Labute approximate surface area is 121 Å². The van der Waals surface area contributed by atoms with Crippen LogP contribution in [0, 0.1) is 5.92 Å². The van der Waals surface area contributed by atoms with E-state index in [4.69, 9.17) is 4.74 Å². The van der Waals surface area contributed by atoms with E-state index in [-0.39, 0.29) is 12.0 Å². The number of aliphatic carboxylic acids is 1. The molecule has 2 unspecified atom stereocenters. The number of rotatable bonds is 7. The molecule has 0 spiro atoms. The monoisotopic (exact) mass is 284 g/mol. The normalized spacial score (nSPS) is 28.1. The molecule has 0 aromatic rings. The molecular formula is C15H28N2O3. The van der Waals surface area contributed by atoms with Crippen LogP contribution in [0.3, 0.4) is 0 Å². The average molecular weight is 284 g/mol. The Morgan fingerprint density at radius 1 is 1.25 bits per heavy atom. The molecule has 2 rings (SSSR count). The van der Waals surface area contributed by atoms with Crippen LogP contribution in [-0.2, 0) is 9.53 Å². The molecule has 20 heavy (non-hydrogen) atoms. The van der Waals surface area contributed by atoms with E-state index >= 15 is 0 Å². The van der Waals surface area contributed by atoms with Crippen LogP contribution >= 0.6 is 0 Å². The highest BCUT2D eigenvalue weighted by atomic mass is 16.5. The molecule has 116 valence electrons. The third kappa shape index (κ3) is 4.17. The van der Waals surface area contributed by atoms with Gasteiger partial charge >= 0.3 is 5.97 Å². The van der Waals surface area contributed by atoms with Crippen molar-refractivity contribution in [3.8, 4) is 0 Å². The van der Waals surface area contributed by atoms with Gasteiger partial charge in [0.1, 0.15) is 0 Å². The van der Waals surface area contributed by atoms with Gasteiger partial charge in [-0.25, -0.2) is 0 Å². The molecule has 0 bridgehead atoms. The van der Waals surface area contributed by atoms with Gasteiger partial charge in [0, 0.05) is 19.1 Å². The molecule has 0 aliphatic carbocycles. The lowest BCUT2D eigenvalue weighted by Gasteiger charge is -2.33. The Morgan fingerprint density at radius 2 is 2.00 bits per heavy atom. The largest absolute Gasteiger partial charge is 0.481 e. The zero-order valence-corrected chi connectivity index (χ0v) is 12.6. The van der Waals surface area contributed by atoms with Crippen molar-refractivity contribution in [2.24, 2.45) is 5.92 Å². The Balaban J connectivity index is 1.86. The first-order valence-electron chi connectivity index (χ1n) is 7.99. The zero-order chi connectivity index (χ0) is 14.4. The molecule has 0 radical (unpaired) electrons. The summed E-state index contributed by atoms with van der Waals surface area (Å²) >= 11 is 0. The van der Waals surface area contributed by atoms with Gasteiger partial charge in [0.25, 0.3) is 0 Å². The summed E-state index contributed by atoms with van der Waals surface area (Å²) in [5.41, 5.74) is 0. The van der Waals surface area contributed by atoms with Crippen molar-refractivity contribution in [2.75, 3.05) is 45.9 Å². The predicted molar refractivity (Wildman–Crippen MR) is 77.9 cm³/mol. The predicted octanol–water partition coefficient (Wildman–Crippen LogP) is 1.28. The number of carboxylic acid groups (broad SMARTS) is 1.